The minimum Gasteiger partial charge on any atom is -0.465 e. The summed E-state index contributed by atoms with van der Waals surface area (Å²) in [5.74, 6) is -0.354. The van der Waals surface area contributed by atoms with Crippen LogP contribution in [0.4, 0.5) is 0 Å². The Labute approximate surface area is 136 Å². The minimum atomic E-state index is -0.354. The van der Waals surface area contributed by atoms with Gasteiger partial charge in [0.25, 0.3) is 0 Å². The van der Waals surface area contributed by atoms with Crippen LogP contribution < -0.4 is 0 Å². The molecule has 0 saturated heterocycles. The normalized spacial score (nSPS) is 11.6. The molecule has 110 valence electrons. The summed E-state index contributed by atoms with van der Waals surface area (Å²) in [6.07, 6.45) is 1.83. The topological polar surface area (TPSA) is 39.2 Å². The summed E-state index contributed by atoms with van der Waals surface area (Å²) in [7, 11) is 1.36. The number of fused-ring (bicyclic) bond motifs is 1. The molecule has 0 aliphatic carbocycles. The summed E-state index contributed by atoms with van der Waals surface area (Å²) < 4.78 is 5.77. The van der Waals surface area contributed by atoms with Gasteiger partial charge in [0.1, 0.15) is 5.01 Å². The zero-order valence-corrected chi connectivity index (χ0v) is 13.3. The fourth-order valence-corrected chi connectivity index (χ4v) is 3.17. The highest BCUT2D eigenvalue weighted by atomic mass is 35.5. The number of esters is 1. The third-order valence-electron chi connectivity index (χ3n) is 3.12. The minimum absolute atomic E-state index is 0.354. The van der Waals surface area contributed by atoms with E-state index in [1.165, 1.54) is 7.11 Å². The van der Waals surface area contributed by atoms with Crippen molar-refractivity contribution in [2.75, 3.05) is 7.11 Å². The summed E-state index contributed by atoms with van der Waals surface area (Å²) >= 11 is 7.91. The van der Waals surface area contributed by atoms with Gasteiger partial charge in [-0.1, -0.05) is 35.9 Å². The summed E-state index contributed by atoms with van der Waals surface area (Å²) in [5.41, 5.74) is 2.35. The molecule has 2 aromatic carbocycles. The van der Waals surface area contributed by atoms with Crippen molar-refractivity contribution in [1.82, 2.24) is 4.98 Å². The van der Waals surface area contributed by atoms with Crippen LogP contribution in [0.25, 0.3) is 21.3 Å². The molecule has 0 saturated carbocycles. The summed E-state index contributed by atoms with van der Waals surface area (Å²) in [6.45, 7) is 0. The smallest absolute Gasteiger partial charge is 0.337 e. The molecule has 1 heterocycles. The molecule has 0 spiro atoms. The van der Waals surface area contributed by atoms with Crippen LogP contribution in [0.5, 0.6) is 0 Å². The largest absolute Gasteiger partial charge is 0.465 e. The monoisotopic (exact) mass is 329 g/mol. The summed E-state index contributed by atoms with van der Waals surface area (Å²) in [6, 6.07) is 15.0. The van der Waals surface area contributed by atoms with Gasteiger partial charge in [-0.2, -0.15) is 0 Å². The lowest BCUT2D eigenvalue weighted by atomic mass is 10.1. The van der Waals surface area contributed by atoms with Crippen molar-refractivity contribution < 1.29 is 9.53 Å². The molecule has 0 amide bonds. The molecule has 3 rings (SSSR count). The standard InChI is InChI=1S/C17H12ClNO2S/c1-21-17(20)12-8-6-11(7-9-12)10-13(18)16-19-14-4-2-3-5-15(14)22-16/h2-10H,1H3/b13-10-. The maximum Gasteiger partial charge on any atom is 0.337 e. The van der Waals surface area contributed by atoms with Crippen molar-refractivity contribution >= 4 is 50.2 Å². The average Bonchev–Trinajstić information content (AvgIpc) is 2.99. The Kier molecular flexibility index (Phi) is 4.22. The maximum atomic E-state index is 11.4. The first-order chi connectivity index (χ1) is 10.7. The third kappa shape index (κ3) is 3.03. The zero-order chi connectivity index (χ0) is 15.5. The van der Waals surface area contributed by atoms with E-state index in [0.29, 0.717) is 10.6 Å². The molecule has 0 unspecified atom stereocenters. The van der Waals surface area contributed by atoms with E-state index in [4.69, 9.17) is 11.6 Å². The van der Waals surface area contributed by atoms with Crippen molar-refractivity contribution in [3.63, 3.8) is 0 Å². The number of thiazole rings is 1. The Morgan fingerprint density at radius 1 is 1.18 bits per heavy atom. The molecule has 5 heteroatoms. The van der Waals surface area contributed by atoms with E-state index in [1.54, 1.807) is 23.5 Å². The fraction of sp³-hybridized carbons (Fsp3) is 0.0588. The number of hydrogen-bond acceptors (Lipinski definition) is 4. The maximum absolute atomic E-state index is 11.4. The van der Waals surface area contributed by atoms with Crippen molar-refractivity contribution in [2.24, 2.45) is 0 Å². The molecule has 0 bridgehead atoms. The molecule has 3 aromatic rings. The van der Waals surface area contributed by atoms with Gasteiger partial charge in [0.05, 0.1) is 27.9 Å². The molecule has 1 aromatic heterocycles. The van der Waals surface area contributed by atoms with E-state index in [9.17, 15) is 4.79 Å². The lowest BCUT2D eigenvalue weighted by molar-refractivity contribution is 0.0601. The summed E-state index contributed by atoms with van der Waals surface area (Å²) in [5, 5.41) is 1.35. The van der Waals surface area contributed by atoms with Crippen LogP contribution in [0, 0.1) is 0 Å². The van der Waals surface area contributed by atoms with E-state index in [2.05, 4.69) is 9.72 Å². The number of ether oxygens (including phenoxy) is 1. The van der Waals surface area contributed by atoms with Crippen molar-refractivity contribution in [1.29, 1.82) is 0 Å². The first kappa shape index (κ1) is 14.8. The van der Waals surface area contributed by atoms with Gasteiger partial charge in [-0.3, -0.25) is 0 Å². The van der Waals surface area contributed by atoms with Crippen LogP contribution >= 0.6 is 22.9 Å². The highest BCUT2D eigenvalue weighted by Crippen LogP contribution is 2.30. The third-order valence-corrected chi connectivity index (χ3v) is 4.59. The van der Waals surface area contributed by atoms with Gasteiger partial charge < -0.3 is 4.74 Å². The van der Waals surface area contributed by atoms with Gasteiger partial charge in [0.15, 0.2) is 0 Å². The van der Waals surface area contributed by atoms with E-state index in [0.717, 1.165) is 20.8 Å². The number of halogens is 1. The molecule has 0 N–H and O–H groups in total. The molecule has 0 fully saturated rings. The Hall–Kier alpha value is -2.17. The number of rotatable bonds is 3. The van der Waals surface area contributed by atoms with Gasteiger partial charge in [0, 0.05) is 0 Å². The van der Waals surface area contributed by atoms with Gasteiger partial charge in [-0.25, -0.2) is 9.78 Å². The van der Waals surface area contributed by atoms with E-state index in [-0.39, 0.29) is 5.97 Å². The SMILES string of the molecule is COC(=O)c1ccc(/C=C(\Cl)c2nc3ccccc3s2)cc1. The van der Waals surface area contributed by atoms with Gasteiger partial charge >= 0.3 is 5.97 Å². The molecule has 0 radical (unpaired) electrons. The number of nitrogens with zero attached hydrogens (tertiary/aromatic N) is 1. The predicted molar refractivity (Wildman–Crippen MR) is 91.1 cm³/mol. The number of para-hydroxylation sites is 1. The van der Waals surface area contributed by atoms with Crippen LogP contribution in [-0.2, 0) is 4.74 Å². The van der Waals surface area contributed by atoms with Crippen molar-refractivity contribution in [2.45, 2.75) is 0 Å². The first-order valence-corrected chi connectivity index (χ1v) is 7.78. The lowest BCUT2D eigenvalue weighted by Crippen LogP contribution is -2.00. The average molecular weight is 330 g/mol. The van der Waals surface area contributed by atoms with Crippen LogP contribution in [-0.4, -0.2) is 18.1 Å². The van der Waals surface area contributed by atoms with Crippen molar-refractivity contribution in [3.05, 3.63) is 64.7 Å². The van der Waals surface area contributed by atoms with Gasteiger partial charge in [-0.15, -0.1) is 11.3 Å². The lowest BCUT2D eigenvalue weighted by Gasteiger charge is -2.00. The first-order valence-electron chi connectivity index (χ1n) is 6.59. The second-order valence-electron chi connectivity index (χ2n) is 4.59. The second kappa shape index (κ2) is 6.30. The zero-order valence-electron chi connectivity index (χ0n) is 11.7. The number of carbonyl (C=O) groups excluding carboxylic acids is 1. The van der Waals surface area contributed by atoms with Crippen LogP contribution in [0.15, 0.2) is 48.5 Å². The Morgan fingerprint density at radius 3 is 2.59 bits per heavy atom. The number of carbonyl (C=O) groups is 1. The highest BCUT2D eigenvalue weighted by molar-refractivity contribution is 7.20. The van der Waals surface area contributed by atoms with E-state index in [1.807, 2.05) is 42.5 Å². The molecule has 0 aliphatic heterocycles. The van der Waals surface area contributed by atoms with Crippen LogP contribution in [0.1, 0.15) is 20.9 Å². The number of hydrogen-bond donors (Lipinski definition) is 0. The molecule has 0 aliphatic rings. The molecule has 3 nitrogen and oxygen atoms in total. The van der Waals surface area contributed by atoms with Crippen molar-refractivity contribution in [3.8, 4) is 0 Å². The molecule has 0 atom stereocenters. The van der Waals surface area contributed by atoms with Crippen LogP contribution in [0.2, 0.25) is 0 Å². The molecule has 22 heavy (non-hydrogen) atoms. The predicted octanol–water partition coefficient (Wildman–Crippen LogP) is 4.82. The van der Waals surface area contributed by atoms with Crippen LogP contribution in [0.3, 0.4) is 0 Å². The Bertz CT molecular complexity index is 819. The second-order valence-corrected chi connectivity index (χ2v) is 6.03. The number of methoxy groups -OCH3 is 1. The van der Waals surface area contributed by atoms with E-state index < -0.39 is 0 Å². The quantitative estimate of drug-likeness (QED) is 0.647. The van der Waals surface area contributed by atoms with E-state index >= 15 is 0 Å². The highest BCUT2D eigenvalue weighted by Gasteiger charge is 2.07. The summed E-state index contributed by atoms with van der Waals surface area (Å²) in [4.78, 5) is 15.9. The van der Waals surface area contributed by atoms with Gasteiger partial charge in [0.2, 0.25) is 0 Å². The molecular formula is C17H12ClNO2S. The number of benzene rings is 2. The Morgan fingerprint density at radius 2 is 1.91 bits per heavy atom. The Balaban J connectivity index is 1.88. The van der Waals surface area contributed by atoms with Gasteiger partial charge in [-0.05, 0) is 35.9 Å². The fourth-order valence-electron chi connectivity index (χ4n) is 2.02. The molecular weight excluding hydrogens is 318 g/mol. The number of aromatic nitrogens is 1.